The van der Waals surface area contributed by atoms with Crippen molar-refractivity contribution in [3.05, 3.63) is 48.0 Å². The summed E-state index contributed by atoms with van der Waals surface area (Å²) in [7, 11) is 2.19. The molecule has 1 saturated heterocycles. The molecule has 3 aromatic rings. The van der Waals surface area contributed by atoms with Crippen LogP contribution in [0.4, 0.5) is 5.69 Å². The van der Waals surface area contributed by atoms with Crippen molar-refractivity contribution < 1.29 is 0 Å². The predicted molar refractivity (Wildman–Crippen MR) is 98.7 cm³/mol. The molecule has 1 aliphatic rings. The van der Waals surface area contributed by atoms with Gasteiger partial charge >= 0.3 is 0 Å². The van der Waals surface area contributed by atoms with Crippen LogP contribution in [-0.2, 0) is 6.54 Å². The minimum atomic E-state index is 0.750. The zero-order valence-electron chi connectivity index (χ0n) is 14.0. The van der Waals surface area contributed by atoms with Crippen molar-refractivity contribution >= 4 is 16.6 Å². The van der Waals surface area contributed by atoms with Gasteiger partial charge in [-0.3, -0.25) is 10.00 Å². The lowest BCUT2D eigenvalue weighted by molar-refractivity contribution is 0.148. The van der Waals surface area contributed by atoms with Crippen molar-refractivity contribution in [2.45, 2.75) is 6.54 Å². The van der Waals surface area contributed by atoms with E-state index in [4.69, 9.17) is 5.73 Å². The molecule has 1 aromatic heterocycles. The maximum absolute atomic E-state index is 5.83. The van der Waals surface area contributed by atoms with Crippen LogP contribution in [0, 0.1) is 0 Å². The van der Waals surface area contributed by atoms with Crippen molar-refractivity contribution in [2.75, 3.05) is 39.0 Å². The summed E-state index contributed by atoms with van der Waals surface area (Å²) >= 11 is 0. The Morgan fingerprint density at radius 1 is 1.04 bits per heavy atom. The third-order valence-corrected chi connectivity index (χ3v) is 4.82. The van der Waals surface area contributed by atoms with Gasteiger partial charge in [0, 0.05) is 49.4 Å². The molecule has 0 amide bonds. The van der Waals surface area contributed by atoms with E-state index in [1.807, 2.05) is 18.2 Å². The zero-order chi connectivity index (χ0) is 16.5. The van der Waals surface area contributed by atoms with Crippen LogP contribution in [0.15, 0.2) is 42.5 Å². The first kappa shape index (κ1) is 15.2. The fourth-order valence-electron chi connectivity index (χ4n) is 3.29. The van der Waals surface area contributed by atoms with E-state index in [1.165, 1.54) is 5.56 Å². The lowest BCUT2D eigenvalue weighted by atomic mass is 10.1. The number of nitrogen functional groups attached to an aromatic ring is 1. The maximum atomic E-state index is 5.83. The molecule has 0 aliphatic carbocycles. The average Bonchev–Trinajstić information content (AvgIpc) is 3.00. The number of hydrogen-bond acceptors (Lipinski definition) is 4. The van der Waals surface area contributed by atoms with Crippen LogP contribution >= 0.6 is 0 Å². The fourth-order valence-corrected chi connectivity index (χ4v) is 3.29. The van der Waals surface area contributed by atoms with Gasteiger partial charge in [-0.15, -0.1) is 0 Å². The maximum Gasteiger partial charge on any atom is 0.0999 e. The van der Waals surface area contributed by atoms with E-state index in [1.54, 1.807) is 0 Å². The minimum absolute atomic E-state index is 0.750. The molecular weight excluding hydrogens is 298 g/mol. The van der Waals surface area contributed by atoms with Gasteiger partial charge in [0.15, 0.2) is 0 Å². The molecule has 4 rings (SSSR count). The van der Waals surface area contributed by atoms with Gasteiger partial charge in [-0.1, -0.05) is 24.3 Å². The molecule has 1 aliphatic heterocycles. The third-order valence-electron chi connectivity index (χ3n) is 4.82. The van der Waals surface area contributed by atoms with Gasteiger partial charge < -0.3 is 10.6 Å². The highest BCUT2D eigenvalue weighted by molar-refractivity contribution is 5.94. The minimum Gasteiger partial charge on any atom is -0.399 e. The number of fused-ring (bicyclic) bond motifs is 1. The molecule has 0 saturated carbocycles. The number of piperazine rings is 1. The summed E-state index contributed by atoms with van der Waals surface area (Å²) in [5, 5.41) is 8.64. The third kappa shape index (κ3) is 3.00. The van der Waals surface area contributed by atoms with Gasteiger partial charge in [0.2, 0.25) is 0 Å². The molecule has 0 atom stereocenters. The number of hydrogen-bond donors (Lipinski definition) is 2. The largest absolute Gasteiger partial charge is 0.399 e. The van der Waals surface area contributed by atoms with Crippen LogP contribution in [0.1, 0.15) is 5.56 Å². The Morgan fingerprint density at radius 2 is 1.79 bits per heavy atom. The Morgan fingerprint density at radius 3 is 2.54 bits per heavy atom. The first-order valence-electron chi connectivity index (χ1n) is 8.43. The van der Waals surface area contributed by atoms with Crippen molar-refractivity contribution in [2.24, 2.45) is 0 Å². The molecule has 2 aromatic carbocycles. The van der Waals surface area contributed by atoms with Crippen LogP contribution < -0.4 is 5.73 Å². The lowest BCUT2D eigenvalue weighted by Gasteiger charge is -2.32. The SMILES string of the molecule is CN1CCN(Cc2ccc(-c3n[nH]c4cc(N)ccc34)cc2)CC1. The first-order valence-corrected chi connectivity index (χ1v) is 8.43. The van der Waals surface area contributed by atoms with Gasteiger partial charge in [-0.05, 0) is 30.8 Å². The molecule has 0 bridgehead atoms. The van der Waals surface area contributed by atoms with Crippen molar-refractivity contribution in [1.82, 2.24) is 20.0 Å². The van der Waals surface area contributed by atoms with Gasteiger partial charge in [0.25, 0.3) is 0 Å². The number of anilines is 1. The molecule has 2 heterocycles. The van der Waals surface area contributed by atoms with Crippen LogP contribution in [0.25, 0.3) is 22.2 Å². The van der Waals surface area contributed by atoms with Gasteiger partial charge in [0.05, 0.1) is 11.2 Å². The van der Waals surface area contributed by atoms with Crippen LogP contribution in [0.3, 0.4) is 0 Å². The highest BCUT2D eigenvalue weighted by atomic mass is 15.2. The van der Waals surface area contributed by atoms with Crippen molar-refractivity contribution in [1.29, 1.82) is 0 Å². The summed E-state index contributed by atoms with van der Waals surface area (Å²) in [5.74, 6) is 0. The zero-order valence-corrected chi connectivity index (χ0v) is 14.0. The summed E-state index contributed by atoms with van der Waals surface area (Å²) in [6, 6.07) is 14.6. The summed E-state index contributed by atoms with van der Waals surface area (Å²) in [6.45, 7) is 5.61. The lowest BCUT2D eigenvalue weighted by Crippen LogP contribution is -2.43. The molecule has 0 spiro atoms. The highest BCUT2D eigenvalue weighted by Crippen LogP contribution is 2.27. The fraction of sp³-hybridized carbons (Fsp3) is 0.316. The normalized spacial score (nSPS) is 16.7. The number of H-pyrrole nitrogens is 1. The second kappa shape index (κ2) is 6.26. The monoisotopic (exact) mass is 321 g/mol. The first-order chi connectivity index (χ1) is 11.7. The Balaban J connectivity index is 1.52. The number of aromatic amines is 1. The standard InChI is InChI=1S/C19H23N5/c1-23-8-10-24(11-9-23)13-14-2-4-15(5-3-14)19-17-7-6-16(20)12-18(17)21-22-19/h2-7,12H,8-11,13,20H2,1H3,(H,21,22). The van der Waals surface area contributed by atoms with E-state index in [0.717, 1.165) is 60.6 Å². The van der Waals surface area contributed by atoms with Crippen LogP contribution in [-0.4, -0.2) is 53.2 Å². The summed E-state index contributed by atoms with van der Waals surface area (Å²) < 4.78 is 0. The molecule has 5 heteroatoms. The molecule has 0 radical (unpaired) electrons. The molecule has 1 fully saturated rings. The molecule has 3 N–H and O–H groups in total. The van der Waals surface area contributed by atoms with Gasteiger partial charge in [0.1, 0.15) is 0 Å². The number of nitrogens with one attached hydrogen (secondary N) is 1. The number of rotatable bonds is 3. The quantitative estimate of drug-likeness (QED) is 0.728. The van der Waals surface area contributed by atoms with Gasteiger partial charge in [-0.25, -0.2) is 0 Å². The summed E-state index contributed by atoms with van der Waals surface area (Å²) in [5.41, 5.74) is 11.0. The number of benzene rings is 2. The van der Waals surface area contributed by atoms with Gasteiger partial charge in [-0.2, -0.15) is 5.10 Å². The van der Waals surface area contributed by atoms with Crippen molar-refractivity contribution in [3.8, 4) is 11.3 Å². The van der Waals surface area contributed by atoms with E-state index < -0.39 is 0 Å². The smallest absolute Gasteiger partial charge is 0.0999 e. The van der Waals surface area contributed by atoms with Crippen molar-refractivity contribution in [3.63, 3.8) is 0 Å². The Bertz CT molecular complexity index is 829. The van der Waals surface area contributed by atoms with E-state index in [9.17, 15) is 0 Å². The Labute approximate surface area is 142 Å². The number of likely N-dealkylation sites (N-methyl/N-ethyl adjacent to an activating group) is 1. The number of nitrogens with zero attached hydrogens (tertiary/aromatic N) is 3. The summed E-state index contributed by atoms with van der Waals surface area (Å²) in [6.07, 6.45) is 0. The molecule has 0 unspecified atom stereocenters. The van der Waals surface area contributed by atoms with E-state index in [2.05, 4.69) is 51.3 Å². The predicted octanol–water partition coefficient (Wildman–Crippen LogP) is 2.56. The van der Waals surface area contributed by atoms with Crippen LogP contribution in [0.5, 0.6) is 0 Å². The summed E-state index contributed by atoms with van der Waals surface area (Å²) in [4.78, 5) is 4.90. The molecular formula is C19H23N5. The topological polar surface area (TPSA) is 61.2 Å². The highest BCUT2D eigenvalue weighted by Gasteiger charge is 2.14. The number of aromatic nitrogens is 2. The second-order valence-corrected chi connectivity index (χ2v) is 6.65. The Hall–Kier alpha value is -2.37. The second-order valence-electron chi connectivity index (χ2n) is 6.65. The van der Waals surface area contributed by atoms with E-state index in [0.29, 0.717) is 0 Å². The van der Waals surface area contributed by atoms with E-state index in [-0.39, 0.29) is 0 Å². The average molecular weight is 321 g/mol. The van der Waals surface area contributed by atoms with E-state index >= 15 is 0 Å². The molecule has 5 nitrogen and oxygen atoms in total. The molecule has 124 valence electrons. The number of nitrogens with two attached hydrogens (primary N) is 1. The van der Waals surface area contributed by atoms with Crippen LogP contribution in [0.2, 0.25) is 0 Å². The molecule has 24 heavy (non-hydrogen) atoms. The Kier molecular flexibility index (Phi) is 3.96.